The highest BCUT2D eigenvalue weighted by Crippen LogP contribution is 2.25. The largest absolute Gasteiger partial charge is 0.497 e. The first-order chi connectivity index (χ1) is 11.2. The lowest BCUT2D eigenvalue weighted by Crippen LogP contribution is -2.03. The number of hydrogen-bond acceptors (Lipinski definition) is 5. The molecule has 0 aliphatic carbocycles. The van der Waals surface area contributed by atoms with E-state index in [0.717, 1.165) is 0 Å². The van der Waals surface area contributed by atoms with Gasteiger partial charge in [-0.2, -0.15) is 5.26 Å². The van der Waals surface area contributed by atoms with Crippen LogP contribution in [0.2, 0.25) is 0 Å². The van der Waals surface area contributed by atoms with Gasteiger partial charge in [-0.15, -0.1) is 0 Å². The molecule has 0 amide bonds. The average molecular weight is 309 g/mol. The van der Waals surface area contributed by atoms with Crippen molar-refractivity contribution in [1.82, 2.24) is 0 Å². The fourth-order valence-electron chi connectivity index (χ4n) is 1.91. The van der Waals surface area contributed by atoms with Crippen molar-refractivity contribution in [3.05, 3.63) is 59.7 Å². The molecule has 0 N–H and O–H groups in total. The molecule has 0 aliphatic rings. The Balaban J connectivity index is 2.13. The first-order valence-corrected chi connectivity index (χ1v) is 6.78. The molecular weight excluding hydrogens is 294 g/mol. The molecule has 0 unspecified atom stereocenters. The zero-order valence-corrected chi connectivity index (χ0v) is 12.8. The van der Waals surface area contributed by atoms with Crippen LogP contribution in [0.4, 0.5) is 0 Å². The summed E-state index contributed by atoms with van der Waals surface area (Å²) in [6.07, 6.45) is 2.87. The minimum atomic E-state index is -0.551. The lowest BCUT2D eigenvalue weighted by molar-refractivity contribution is -0.128. The van der Waals surface area contributed by atoms with Gasteiger partial charge in [0.05, 0.1) is 25.9 Å². The van der Waals surface area contributed by atoms with E-state index in [4.69, 9.17) is 19.5 Å². The zero-order valence-electron chi connectivity index (χ0n) is 12.8. The molecule has 0 aliphatic heterocycles. The maximum atomic E-state index is 11.9. The third-order valence-electron chi connectivity index (χ3n) is 3.02. The van der Waals surface area contributed by atoms with Gasteiger partial charge in [-0.05, 0) is 42.5 Å². The van der Waals surface area contributed by atoms with Crippen LogP contribution in [0.15, 0.2) is 48.5 Å². The van der Waals surface area contributed by atoms with Crippen molar-refractivity contribution < 1.29 is 19.0 Å². The molecule has 116 valence electrons. The molecule has 5 nitrogen and oxygen atoms in total. The smallest absolute Gasteiger partial charge is 0.336 e. The van der Waals surface area contributed by atoms with Crippen molar-refractivity contribution in [1.29, 1.82) is 5.26 Å². The number of rotatable bonds is 5. The van der Waals surface area contributed by atoms with E-state index in [1.165, 1.54) is 12.1 Å². The fourth-order valence-corrected chi connectivity index (χ4v) is 1.91. The van der Waals surface area contributed by atoms with Gasteiger partial charge in [-0.3, -0.25) is 0 Å². The Morgan fingerprint density at radius 1 is 1.09 bits per heavy atom. The predicted molar refractivity (Wildman–Crippen MR) is 85.4 cm³/mol. The monoisotopic (exact) mass is 309 g/mol. The van der Waals surface area contributed by atoms with Crippen molar-refractivity contribution in [3.8, 4) is 23.3 Å². The van der Waals surface area contributed by atoms with Crippen molar-refractivity contribution in [2.75, 3.05) is 14.2 Å². The minimum Gasteiger partial charge on any atom is -0.497 e. The van der Waals surface area contributed by atoms with Gasteiger partial charge in [0.1, 0.15) is 17.2 Å². The molecule has 2 rings (SSSR count). The van der Waals surface area contributed by atoms with Gasteiger partial charge < -0.3 is 14.2 Å². The van der Waals surface area contributed by atoms with E-state index in [1.807, 2.05) is 6.07 Å². The second kappa shape index (κ2) is 7.66. The molecular formula is C18H15NO4. The highest BCUT2D eigenvalue weighted by molar-refractivity contribution is 5.89. The Hall–Kier alpha value is -3.26. The summed E-state index contributed by atoms with van der Waals surface area (Å²) in [5.74, 6) is 1.03. The number of methoxy groups -OCH3 is 2. The SMILES string of the molecule is COc1ccc(OC)c(/C=C/C(=O)Oc2cccc(C#N)c2)c1. The topological polar surface area (TPSA) is 68.6 Å². The summed E-state index contributed by atoms with van der Waals surface area (Å²) in [5.41, 5.74) is 1.11. The molecule has 0 radical (unpaired) electrons. The van der Waals surface area contributed by atoms with E-state index < -0.39 is 5.97 Å². The van der Waals surface area contributed by atoms with Gasteiger partial charge in [-0.1, -0.05) is 6.07 Å². The summed E-state index contributed by atoms with van der Waals surface area (Å²) in [6, 6.07) is 13.6. The Morgan fingerprint density at radius 3 is 2.61 bits per heavy atom. The Kier molecular flexibility index (Phi) is 5.37. The summed E-state index contributed by atoms with van der Waals surface area (Å²) in [4.78, 5) is 11.9. The molecule has 0 heterocycles. The van der Waals surface area contributed by atoms with Crippen LogP contribution < -0.4 is 14.2 Å². The Morgan fingerprint density at radius 2 is 1.91 bits per heavy atom. The van der Waals surface area contributed by atoms with Crippen LogP contribution in [0.25, 0.3) is 6.08 Å². The standard InChI is InChI=1S/C18H15NO4/c1-21-15-7-8-17(22-2)14(11-15)6-9-18(20)23-16-5-3-4-13(10-16)12-19/h3-11H,1-2H3/b9-6+. The average Bonchev–Trinajstić information content (AvgIpc) is 2.59. The van der Waals surface area contributed by atoms with E-state index in [1.54, 1.807) is 56.7 Å². The van der Waals surface area contributed by atoms with Gasteiger partial charge >= 0.3 is 5.97 Å². The number of ether oxygens (including phenoxy) is 3. The molecule has 2 aromatic carbocycles. The molecule has 0 atom stereocenters. The molecule has 0 bridgehead atoms. The quantitative estimate of drug-likeness (QED) is 0.482. The van der Waals surface area contributed by atoms with Crippen molar-refractivity contribution in [2.24, 2.45) is 0 Å². The Bertz CT molecular complexity index is 775. The van der Waals surface area contributed by atoms with Crippen LogP contribution in [0.1, 0.15) is 11.1 Å². The first-order valence-electron chi connectivity index (χ1n) is 6.78. The van der Waals surface area contributed by atoms with E-state index in [2.05, 4.69) is 0 Å². The van der Waals surface area contributed by atoms with Crippen LogP contribution in [0, 0.1) is 11.3 Å². The molecule has 0 fully saturated rings. The number of esters is 1. The maximum Gasteiger partial charge on any atom is 0.336 e. The van der Waals surface area contributed by atoms with E-state index in [0.29, 0.717) is 28.4 Å². The highest BCUT2D eigenvalue weighted by atomic mass is 16.5. The lowest BCUT2D eigenvalue weighted by Gasteiger charge is -2.07. The summed E-state index contributed by atoms with van der Waals surface area (Å²) >= 11 is 0. The lowest BCUT2D eigenvalue weighted by atomic mass is 10.1. The highest BCUT2D eigenvalue weighted by Gasteiger charge is 2.05. The van der Waals surface area contributed by atoms with Crippen LogP contribution >= 0.6 is 0 Å². The number of benzene rings is 2. The van der Waals surface area contributed by atoms with Crippen molar-refractivity contribution in [2.45, 2.75) is 0 Å². The summed E-state index contributed by atoms with van der Waals surface area (Å²) in [7, 11) is 3.11. The molecule has 5 heteroatoms. The molecule has 0 saturated carbocycles. The minimum absolute atomic E-state index is 0.316. The van der Waals surface area contributed by atoms with E-state index in [-0.39, 0.29) is 0 Å². The summed E-state index contributed by atoms with van der Waals surface area (Å²) < 4.78 is 15.5. The number of carbonyl (C=O) groups is 1. The van der Waals surface area contributed by atoms with Crippen LogP contribution in [0.3, 0.4) is 0 Å². The number of hydrogen-bond donors (Lipinski definition) is 0. The predicted octanol–water partition coefficient (Wildman–Crippen LogP) is 3.19. The van der Waals surface area contributed by atoms with Gasteiger partial charge in [0, 0.05) is 11.6 Å². The maximum absolute atomic E-state index is 11.9. The third-order valence-corrected chi connectivity index (χ3v) is 3.02. The van der Waals surface area contributed by atoms with Gasteiger partial charge in [0.2, 0.25) is 0 Å². The van der Waals surface area contributed by atoms with Gasteiger partial charge in [0.15, 0.2) is 0 Å². The molecule has 0 saturated heterocycles. The summed E-state index contributed by atoms with van der Waals surface area (Å²) in [5, 5.41) is 8.83. The fraction of sp³-hybridized carbons (Fsp3) is 0.111. The number of nitriles is 1. The molecule has 0 aromatic heterocycles. The second-order valence-corrected chi connectivity index (χ2v) is 4.50. The zero-order chi connectivity index (χ0) is 16.7. The van der Waals surface area contributed by atoms with E-state index >= 15 is 0 Å². The van der Waals surface area contributed by atoms with Crippen LogP contribution in [0.5, 0.6) is 17.2 Å². The van der Waals surface area contributed by atoms with Crippen molar-refractivity contribution >= 4 is 12.0 Å². The summed E-state index contributed by atoms with van der Waals surface area (Å²) in [6.45, 7) is 0. The van der Waals surface area contributed by atoms with Crippen LogP contribution in [-0.4, -0.2) is 20.2 Å². The van der Waals surface area contributed by atoms with Gasteiger partial charge in [-0.25, -0.2) is 4.79 Å². The Labute approximate surface area is 134 Å². The normalized spacial score (nSPS) is 10.1. The van der Waals surface area contributed by atoms with Crippen LogP contribution in [-0.2, 0) is 4.79 Å². The third kappa shape index (κ3) is 4.35. The number of nitrogens with zero attached hydrogens (tertiary/aromatic N) is 1. The number of carbonyl (C=O) groups excluding carboxylic acids is 1. The molecule has 0 spiro atoms. The molecule has 2 aromatic rings. The first kappa shape index (κ1) is 16.1. The van der Waals surface area contributed by atoms with Crippen molar-refractivity contribution in [3.63, 3.8) is 0 Å². The second-order valence-electron chi connectivity index (χ2n) is 4.50. The van der Waals surface area contributed by atoms with E-state index in [9.17, 15) is 4.79 Å². The van der Waals surface area contributed by atoms with Gasteiger partial charge in [0.25, 0.3) is 0 Å². The molecule has 23 heavy (non-hydrogen) atoms.